The van der Waals surface area contributed by atoms with Crippen molar-refractivity contribution in [3.63, 3.8) is 0 Å². The Morgan fingerprint density at radius 2 is 2.00 bits per heavy atom. The zero-order valence-electron chi connectivity index (χ0n) is 14.4. The van der Waals surface area contributed by atoms with Crippen LogP contribution in [0.5, 0.6) is 0 Å². The van der Waals surface area contributed by atoms with Crippen LogP contribution in [0.2, 0.25) is 0 Å². The van der Waals surface area contributed by atoms with E-state index in [4.69, 9.17) is 0 Å². The molecule has 7 nitrogen and oxygen atoms in total. The van der Waals surface area contributed by atoms with Crippen LogP contribution >= 0.6 is 23.1 Å². The molecule has 2 rings (SSSR count). The van der Waals surface area contributed by atoms with E-state index in [9.17, 15) is 14.4 Å². The van der Waals surface area contributed by atoms with E-state index in [1.165, 1.54) is 23.1 Å². The molecule has 1 aliphatic rings. The molecule has 0 aliphatic carbocycles. The largest absolute Gasteiger partial charge is 0.340 e. The lowest BCUT2D eigenvalue weighted by molar-refractivity contribution is -0.133. The first-order valence-electron chi connectivity index (χ1n) is 8.37. The average molecular weight is 385 g/mol. The predicted octanol–water partition coefficient (Wildman–Crippen LogP) is 1.68. The summed E-state index contributed by atoms with van der Waals surface area (Å²) >= 11 is 2.71. The SMILES string of the molecule is CC(=O)SCCCCC(=O)N1CCN(CC(=O)Nc2nccs2)CC1. The maximum Gasteiger partial charge on any atom is 0.240 e. The van der Waals surface area contributed by atoms with Crippen LogP contribution in [0.3, 0.4) is 0 Å². The Kier molecular flexibility index (Phi) is 8.36. The van der Waals surface area contributed by atoms with Crippen LogP contribution in [0.4, 0.5) is 5.13 Å². The van der Waals surface area contributed by atoms with Gasteiger partial charge in [0.2, 0.25) is 11.8 Å². The van der Waals surface area contributed by atoms with Crippen molar-refractivity contribution in [2.75, 3.05) is 43.8 Å². The summed E-state index contributed by atoms with van der Waals surface area (Å²) in [7, 11) is 0. The second-order valence-electron chi connectivity index (χ2n) is 5.84. The lowest BCUT2D eigenvalue weighted by atomic mass is 10.2. The van der Waals surface area contributed by atoms with E-state index in [-0.39, 0.29) is 16.9 Å². The van der Waals surface area contributed by atoms with Gasteiger partial charge in [0.15, 0.2) is 10.2 Å². The van der Waals surface area contributed by atoms with Crippen molar-refractivity contribution in [1.29, 1.82) is 0 Å². The molecule has 1 N–H and O–H groups in total. The van der Waals surface area contributed by atoms with Crippen molar-refractivity contribution in [3.05, 3.63) is 11.6 Å². The number of amides is 2. The molecule has 0 atom stereocenters. The molecule has 0 unspecified atom stereocenters. The molecule has 0 spiro atoms. The third-order valence-corrected chi connectivity index (χ3v) is 5.45. The highest BCUT2D eigenvalue weighted by molar-refractivity contribution is 8.13. The summed E-state index contributed by atoms with van der Waals surface area (Å²) in [5, 5.41) is 5.33. The molecule has 1 aromatic heterocycles. The lowest BCUT2D eigenvalue weighted by Gasteiger charge is -2.34. The maximum atomic E-state index is 12.2. The van der Waals surface area contributed by atoms with Crippen molar-refractivity contribution in [1.82, 2.24) is 14.8 Å². The van der Waals surface area contributed by atoms with Gasteiger partial charge in [-0.05, 0) is 12.8 Å². The molecule has 1 aliphatic heterocycles. The predicted molar refractivity (Wildman–Crippen MR) is 101 cm³/mol. The van der Waals surface area contributed by atoms with E-state index in [0.717, 1.165) is 18.6 Å². The standard InChI is InChI=1S/C16H24N4O3S2/c1-13(21)24-10-3-2-4-15(23)20-8-6-19(7-9-20)12-14(22)18-16-17-5-11-25-16/h5,11H,2-4,6-10,12H2,1H3,(H,17,18,22). The number of hydrogen-bond acceptors (Lipinski definition) is 7. The number of unbranched alkanes of at least 4 members (excludes halogenated alkanes) is 1. The molecular formula is C16H24N4O3S2. The van der Waals surface area contributed by atoms with E-state index in [0.29, 0.717) is 44.3 Å². The normalized spacial score (nSPS) is 15.2. The van der Waals surface area contributed by atoms with Gasteiger partial charge in [0.05, 0.1) is 6.54 Å². The molecule has 0 radical (unpaired) electrons. The van der Waals surface area contributed by atoms with Gasteiger partial charge in [0.25, 0.3) is 0 Å². The van der Waals surface area contributed by atoms with Gasteiger partial charge in [-0.3, -0.25) is 19.3 Å². The van der Waals surface area contributed by atoms with Gasteiger partial charge in [-0.2, -0.15) is 0 Å². The topological polar surface area (TPSA) is 82.6 Å². The first-order chi connectivity index (χ1) is 12.0. The molecular weight excluding hydrogens is 360 g/mol. The first-order valence-corrected chi connectivity index (χ1v) is 10.2. The van der Waals surface area contributed by atoms with Crippen molar-refractivity contribution in [3.8, 4) is 0 Å². The molecule has 138 valence electrons. The highest BCUT2D eigenvalue weighted by Gasteiger charge is 2.22. The minimum Gasteiger partial charge on any atom is -0.340 e. The molecule has 1 fully saturated rings. The first kappa shape index (κ1) is 19.9. The Morgan fingerprint density at radius 3 is 2.64 bits per heavy atom. The van der Waals surface area contributed by atoms with Crippen LogP contribution in [0.15, 0.2) is 11.6 Å². The lowest BCUT2D eigenvalue weighted by Crippen LogP contribution is -2.50. The molecule has 2 heterocycles. The zero-order chi connectivity index (χ0) is 18.1. The van der Waals surface area contributed by atoms with Crippen LogP contribution in [-0.2, 0) is 14.4 Å². The third kappa shape index (κ3) is 7.54. The second-order valence-corrected chi connectivity index (χ2v) is 8.01. The van der Waals surface area contributed by atoms with Gasteiger partial charge in [-0.1, -0.05) is 11.8 Å². The fourth-order valence-corrected chi connectivity index (χ4v) is 3.74. The number of rotatable bonds is 8. The number of thiazole rings is 1. The summed E-state index contributed by atoms with van der Waals surface area (Å²) in [6.45, 7) is 4.61. The van der Waals surface area contributed by atoms with E-state index in [2.05, 4.69) is 15.2 Å². The molecule has 0 aromatic carbocycles. The minimum absolute atomic E-state index is 0.0716. The summed E-state index contributed by atoms with van der Waals surface area (Å²) in [6.07, 6.45) is 3.88. The molecule has 0 saturated carbocycles. The van der Waals surface area contributed by atoms with Crippen molar-refractivity contribution >= 4 is 45.2 Å². The van der Waals surface area contributed by atoms with E-state index < -0.39 is 0 Å². The van der Waals surface area contributed by atoms with Gasteiger partial charge >= 0.3 is 0 Å². The van der Waals surface area contributed by atoms with Crippen LogP contribution in [0, 0.1) is 0 Å². The number of carbonyl (C=O) groups excluding carboxylic acids is 3. The van der Waals surface area contributed by atoms with Gasteiger partial charge in [0, 0.05) is 56.9 Å². The number of nitrogens with one attached hydrogen (secondary N) is 1. The number of anilines is 1. The smallest absolute Gasteiger partial charge is 0.240 e. The number of thioether (sulfide) groups is 1. The van der Waals surface area contributed by atoms with Gasteiger partial charge in [-0.15, -0.1) is 11.3 Å². The molecule has 2 amide bonds. The second kappa shape index (κ2) is 10.5. The number of hydrogen-bond donors (Lipinski definition) is 1. The number of aromatic nitrogens is 1. The van der Waals surface area contributed by atoms with Crippen LogP contribution < -0.4 is 5.32 Å². The summed E-state index contributed by atoms with van der Waals surface area (Å²) in [6, 6.07) is 0. The Balaban J connectivity index is 1.59. The average Bonchev–Trinajstić information content (AvgIpc) is 3.07. The summed E-state index contributed by atoms with van der Waals surface area (Å²) in [4.78, 5) is 42.9. The van der Waals surface area contributed by atoms with Gasteiger partial charge in [-0.25, -0.2) is 4.98 Å². The molecule has 0 bridgehead atoms. The van der Waals surface area contributed by atoms with Crippen molar-refractivity contribution < 1.29 is 14.4 Å². The zero-order valence-corrected chi connectivity index (χ0v) is 16.0. The summed E-state index contributed by atoms with van der Waals surface area (Å²) in [5.74, 6) is 0.877. The Labute approximate surface area is 156 Å². The summed E-state index contributed by atoms with van der Waals surface area (Å²) in [5.41, 5.74) is 0. The van der Waals surface area contributed by atoms with Crippen LogP contribution in [0.25, 0.3) is 0 Å². The molecule has 1 aromatic rings. The Morgan fingerprint density at radius 1 is 1.24 bits per heavy atom. The minimum atomic E-state index is -0.0716. The number of carbonyl (C=O) groups is 3. The fourth-order valence-electron chi connectivity index (χ4n) is 2.55. The van der Waals surface area contributed by atoms with Crippen LogP contribution in [-0.4, -0.2) is 70.2 Å². The quantitative estimate of drug-likeness (QED) is 0.687. The summed E-state index contributed by atoms with van der Waals surface area (Å²) < 4.78 is 0. The Bertz CT molecular complexity index is 572. The fraction of sp³-hybridized carbons (Fsp3) is 0.625. The molecule has 9 heteroatoms. The number of nitrogens with zero attached hydrogens (tertiary/aromatic N) is 3. The third-order valence-electron chi connectivity index (χ3n) is 3.86. The Hall–Kier alpha value is -1.45. The number of piperazine rings is 1. The monoisotopic (exact) mass is 384 g/mol. The van der Waals surface area contributed by atoms with E-state index in [1.807, 2.05) is 10.3 Å². The maximum absolute atomic E-state index is 12.2. The highest BCUT2D eigenvalue weighted by atomic mass is 32.2. The van der Waals surface area contributed by atoms with Gasteiger partial charge < -0.3 is 10.2 Å². The van der Waals surface area contributed by atoms with Crippen molar-refractivity contribution in [2.24, 2.45) is 0 Å². The van der Waals surface area contributed by atoms with Crippen LogP contribution in [0.1, 0.15) is 26.2 Å². The van der Waals surface area contributed by atoms with E-state index in [1.54, 1.807) is 13.1 Å². The molecule has 1 saturated heterocycles. The van der Waals surface area contributed by atoms with Gasteiger partial charge in [0.1, 0.15) is 0 Å². The highest BCUT2D eigenvalue weighted by Crippen LogP contribution is 2.12. The molecule has 25 heavy (non-hydrogen) atoms. The van der Waals surface area contributed by atoms with Crippen molar-refractivity contribution in [2.45, 2.75) is 26.2 Å². The van der Waals surface area contributed by atoms with E-state index >= 15 is 0 Å².